The summed E-state index contributed by atoms with van der Waals surface area (Å²) in [4.78, 5) is 41.1. The highest BCUT2D eigenvalue weighted by atomic mass is 16.5. The van der Waals surface area contributed by atoms with Gasteiger partial charge in [-0.05, 0) is 25.3 Å². The van der Waals surface area contributed by atoms with Crippen molar-refractivity contribution in [2.24, 2.45) is 10.9 Å². The van der Waals surface area contributed by atoms with E-state index in [1.807, 2.05) is 0 Å². The van der Waals surface area contributed by atoms with E-state index in [4.69, 9.17) is 4.74 Å². The van der Waals surface area contributed by atoms with Crippen molar-refractivity contribution in [1.29, 1.82) is 0 Å². The Morgan fingerprint density at radius 2 is 2.12 bits per heavy atom. The average molecular weight is 333 g/mol. The van der Waals surface area contributed by atoms with Crippen LogP contribution < -0.4 is 5.32 Å². The molecule has 1 unspecified atom stereocenters. The second-order valence-electron chi connectivity index (χ2n) is 5.68. The quantitative estimate of drug-likeness (QED) is 0.647. The monoisotopic (exact) mass is 333 g/mol. The minimum absolute atomic E-state index is 0.0249. The fourth-order valence-corrected chi connectivity index (χ4v) is 2.57. The molecule has 1 N–H and O–H groups in total. The molecule has 1 aliphatic carbocycles. The molecule has 2 rings (SSSR count). The summed E-state index contributed by atoms with van der Waals surface area (Å²) in [5, 5.41) is 2.81. The van der Waals surface area contributed by atoms with Crippen LogP contribution in [0.4, 0.5) is 4.79 Å². The minimum Gasteiger partial charge on any atom is -0.385 e. The molecule has 24 heavy (non-hydrogen) atoms. The lowest BCUT2D eigenvalue weighted by molar-refractivity contribution is -0.129. The Labute approximate surface area is 141 Å². The number of rotatable bonds is 9. The second-order valence-corrected chi connectivity index (χ2v) is 5.68. The number of fused-ring (bicyclic) bond motifs is 1. The molecule has 1 aliphatic heterocycles. The molecule has 130 valence electrons. The lowest BCUT2D eigenvalue weighted by Crippen LogP contribution is -2.46. The molecule has 0 aromatic carbocycles. The molecule has 1 heterocycles. The molecule has 1 atom stereocenters. The largest absolute Gasteiger partial charge is 0.385 e. The molecular weight excluding hydrogens is 310 g/mol. The Morgan fingerprint density at radius 1 is 1.29 bits per heavy atom. The maximum Gasteiger partial charge on any atom is 0.350 e. The number of carbonyl (C=O) groups is 3. The first-order chi connectivity index (χ1) is 11.6. The zero-order valence-electron chi connectivity index (χ0n) is 13.9. The van der Waals surface area contributed by atoms with Crippen molar-refractivity contribution in [2.45, 2.75) is 25.7 Å². The molecule has 0 spiro atoms. The predicted molar refractivity (Wildman–Crippen MR) is 89.7 cm³/mol. The predicted octanol–water partition coefficient (Wildman–Crippen LogP) is 1.45. The van der Waals surface area contributed by atoms with Crippen LogP contribution in [0.25, 0.3) is 0 Å². The summed E-state index contributed by atoms with van der Waals surface area (Å²) >= 11 is 0. The second kappa shape index (κ2) is 9.12. The summed E-state index contributed by atoms with van der Waals surface area (Å²) in [5.41, 5.74) is 0.499. The molecule has 2 aliphatic rings. The van der Waals surface area contributed by atoms with E-state index in [1.54, 1.807) is 31.4 Å². The van der Waals surface area contributed by atoms with Crippen LogP contribution in [0.5, 0.6) is 0 Å². The van der Waals surface area contributed by atoms with Gasteiger partial charge in [0.1, 0.15) is 0 Å². The number of hydrogen-bond donors (Lipinski definition) is 1. The van der Waals surface area contributed by atoms with E-state index in [0.717, 1.165) is 6.42 Å². The average Bonchev–Trinajstić information content (AvgIpc) is 2.58. The zero-order valence-corrected chi connectivity index (χ0v) is 13.9. The first-order valence-electron chi connectivity index (χ1n) is 8.18. The van der Waals surface area contributed by atoms with Crippen molar-refractivity contribution in [1.82, 2.24) is 10.2 Å². The molecule has 0 radical (unpaired) electrons. The van der Waals surface area contributed by atoms with Crippen molar-refractivity contribution in [3.63, 3.8) is 0 Å². The zero-order chi connectivity index (χ0) is 17.4. The van der Waals surface area contributed by atoms with Crippen LogP contribution >= 0.6 is 0 Å². The fraction of sp³-hybridized carbons (Fsp3) is 0.529. The summed E-state index contributed by atoms with van der Waals surface area (Å²) in [6, 6.07) is -0.518. The van der Waals surface area contributed by atoms with E-state index in [9.17, 15) is 14.4 Å². The van der Waals surface area contributed by atoms with Gasteiger partial charge in [0.05, 0.1) is 11.6 Å². The Hall–Kier alpha value is -2.28. The summed E-state index contributed by atoms with van der Waals surface area (Å²) < 4.78 is 4.91. The number of imide groups is 1. The molecule has 0 saturated carbocycles. The van der Waals surface area contributed by atoms with Gasteiger partial charge in [0.15, 0.2) is 0 Å². The van der Waals surface area contributed by atoms with Crippen molar-refractivity contribution in [3.8, 4) is 0 Å². The van der Waals surface area contributed by atoms with Crippen molar-refractivity contribution in [3.05, 3.63) is 24.3 Å². The summed E-state index contributed by atoms with van der Waals surface area (Å²) in [6.45, 7) is 1.50. The van der Waals surface area contributed by atoms with Crippen LogP contribution in [0.15, 0.2) is 29.3 Å². The van der Waals surface area contributed by atoms with Gasteiger partial charge in [-0.25, -0.2) is 4.79 Å². The number of amides is 4. The van der Waals surface area contributed by atoms with E-state index in [2.05, 4.69) is 10.3 Å². The van der Waals surface area contributed by atoms with Gasteiger partial charge >= 0.3 is 6.03 Å². The third-order valence-electron chi connectivity index (χ3n) is 3.87. The SMILES string of the molecule is COCCCNC(=O)CCCCN1C(=O)N=C2C=CC=CC2C1=O. The molecule has 0 aromatic rings. The number of carbonyl (C=O) groups excluding carboxylic acids is 3. The maximum absolute atomic E-state index is 12.3. The normalized spacial score (nSPS) is 19.3. The smallest absolute Gasteiger partial charge is 0.350 e. The van der Waals surface area contributed by atoms with Gasteiger partial charge in [-0.2, -0.15) is 4.99 Å². The number of nitrogens with one attached hydrogen (secondary N) is 1. The van der Waals surface area contributed by atoms with Crippen molar-refractivity contribution < 1.29 is 19.1 Å². The standard InChI is InChI=1S/C17H23N3O4/c1-24-12-6-10-18-15(21)9-4-5-11-20-16(22)13-7-2-3-8-14(13)19-17(20)23/h2-3,7-8,13H,4-6,9-12H2,1H3,(H,18,21). The minimum atomic E-state index is -0.518. The molecule has 7 heteroatoms. The molecule has 7 nitrogen and oxygen atoms in total. The fourth-order valence-electron chi connectivity index (χ4n) is 2.57. The number of urea groups is 1. The third kappa shape index (κ3) is 4.86. The first-order valence-corrected chi connectivity index (χ1v) is 8.18. The van der Waals surface area contributed by atoms with Crippen LogP contribution in [-0.2, 0) is 14.3 Å². The highest BCUT2D eigenvalue weighted by molar-refractivity contribution is 6.21. The van der Waals surface area contributed by atoms with Crippen molar-refractivity contribution in [2.75, 3.05) is 26.8 Å². The van der Waals surface area contributed by atoms with Gasteiger partial charge in [-0.15, -0.1) is 0 Å². The van der Waals surface area contributed by atoms with Crippen LogP contribution in [0, 0.1) is 5.92 Å². The topological polar surface area (TPSA) is 88.1 Å². The molecule has 0 fully saturated rings. The summed E-state index contributed by atoms with van der Waals surface area (Å²) in [5.74, 6) is -0.727. The van der Waals surface area contributed by atoms with Crippen LogP contribution in [0.3, 0.4) is 0 Å². The lowest BCUT2D eigenvalue weighted by atomic mass is 9.95. The number of hydrogen-bond acceptors (Lipinski definition) is 4. The van der Waals surface area contributed by atoms with E-state index in [1.165, 1.54) is 4.90 Å². The van der Waals surface area contributed by atoms with Crippen LogP contribution in [-0.4, -0.2) is 55.3 Å². The highest BCUT2D eigenvalue weighted by Crippen LogP contribution is 2.20. The Balaban J connectivity index is 1.71. The van der Waals surface area contributed by atoms with Crippen LogP contribution in [0.1, 0.15) is 25.7 Å². The Bertz CT molecular complexity index is 580. The lowest BCUT2D eigenvalue weighted by Gasteiger charge is -2.28. The molecular formula is C17H23N3O4. The van der Waals surface area contributed by atoms with Gasteiger partial charge in [0.2, 0.25) is 11.8 Å². The van der Waals surface area contributed by atoms with E-state index < -0.39 is 11.9 Å². The van der Waals surface area contributed by atoms with Crippen LogP contribution in [0.2, 0.25) is 0 Å². The van der Waals surface area contributed by atoms with Gasteiger partial charge in [0.25, 0.3) is 0 Å². The number of unbranched alkanes of at least 4 members (excludes halogenated alkanes) is 1. The van der Waals surface area contributed by atoms with E-state index >= 15 is 0 Å². The summed E-state index contributed by atoms with van der Waals surface area (Å²) in [6.07, 6.45) is 9.33. The Morgan fingerprint density at radius 3 is 2.92 bits per heavy atom. The molecule has 0 bridgehead atoms. The van der Waals surface area contributed by atoms with Crippen molar-refractivity contribution >= 4 is 23.6 Å². The number of aliphatic imine (C=N–C) groups is 1. The highest BCUT2D eigenvalue weighted by Gasteiger charge is 2.35. The summed E-state index contributed by atoms with van der Waals surface area (Å²) in [7, 11) is 1.62. The third-order valence-corrected chi connectivity index (χ3v) is 3.87. The first kappa shape index (κ1) is 18.1. The van der Waals surface area contributed by atoms with E-state index in [-0.39, 0.29) is 11.8 Å². The van der Waals surface area contributed by atoms with Gasteiger partial charge in [0, 0.05) is 33.2 Å². The molecule has 0 aromatic heterocycles. The molecule has 0 saturated heterocycles. The van der Waals surface area contributed by atoms with Gasteiger partial charge in [-0.1, -0.05) is 18.2 Å². The van der Waals surface area contributed by atoms with E-state index in [0.29, 0.717) is 44.7 Å². The van der Waals surface area contributed by atoms with Gasteiger partial charge in [-0.3, -0.25) is 14.5 Å². The number of nitrogens with zero attached hydrogens (tertiary/aromatic N) is 2. The molecule has 4 amide bonds. The van der Waals surface area contributed by atoms with Gasteiger partial charge < -0.3 is 10.1 Å². The number of ether oxygens (including phenoxy) is 1. The number of methoxy groups -OCH3 is 1. The number of allylic oxidation sites excluding steroid dienone is 3. The maximum atomic E-state index is 12.3. The Kier molecular flexibility index (Phi) is 6.87.